The van der Waals surface area contributed by atoms with Gasteiger partial charge in [0.15, 0.2) is 0 Å². The number of benzene rings is 1. The van der Waals surface area contributed by atoms with Crippen LogP contribution in [0.15, 0.2) is 29.2 Å². The Kier molecular flexibility index (Phi) is 5.21. The van der Waals surface area contributed by atoms with Crippen LogP contribution in [-0.4, -0.2) is 22.3 Å². The van der Waals surface area contributed by atoms with E-state index in [1.165, 1.54) is 12.1 Å². The zero-order valence-corrected chi connectivity index (χ0v) is 12.9. The zero-order chi connectivity index (χ0) is 15.3. The highest BCUT2D eigenvalue weighted by Crippen LogP contribution is 2.40. The van der Waals surface area contributed by atoms with Gasteiger partial charge in [-0.2, -0.15) is 5.26 Å². The van der Waals surface area contributed by atoms with E-state index in [9.17, 15) is 15.4 Å². The molecule has 0 spiro atoms. The van der Waals surface area contributed by atoms with E-state index >= 15 is 0 Å². The fourth-order valence-electron chi connectivity index (χ4n) is 2.61. The lowest BCUT2D eigenvalue weighted by Crippen LogP contribution is -2.42. The van der Waals surface area contributed by atoms with Crippen molar-refractivity contribution >= 4 is 17.4 Å². The van der Waals surface area contributed by atoms with Crippen molar-refractivity contribution in [3.05, 3.63) is 34.4 Å². The Balaban J connectivity index is 1.95. The van der Waals surface area contributed by atoms with Crippen LogP contribution in [0, 0.1) is 21.4 Å². The van der Waals surface area contributed by atoms with Crippen LogP contribution in [0.4, 0.5) is 5.69 Å². The number of nitro groups is 1. The first-order valence-electron chi connectivity index (χ1n) is 7.16. The van der Waals surface area contributed by atoms with Gasteiger partial charge in [0.05, 0.1) is 11.0 Å². The van der Waals surface area contributed by atoms with Gasteiger partial charge in [-0.1, -0.05) is 6.92 Å². The van der Waals surface area contributed by atoms with E-state index in [0.29, 0.717) is 5.25 Å². The molecule has 0 aliphatic heterocycles. The maximum Gasteiger partial charge on any atom is 0.269 e. The maximum atomic E-state index is 10.6. The predicted molar refractivity (Wildman–Crippen MR) is 83.2 cm³/mol. The normalized spacial score (nSPS) is 24.7. The molecule has 112 valence electrons. The number of thioether (sulfide) groups is 1. The molecule has 1 aliphatic carbocycles. The lowest BCUT2D eigenvalue weighted by atomic mass is 10.00. The highest BCUT2D eigenvalue weighted by Gasteiger charge is 2.39. The van der Waals surface area contributed by atoms with Crippen molar-refractivity contribution in [3.8, 4) is 6.07 Å². The van der Waals surface area contributed by atoms with E-state index in [0.717, 1.165) is 37.1 Å². The Morgan fingerprint density at radius 3 is 2.81 bits per heavy atom. The summed E-state index contributed by atoms with van der Waals surface area (Å²) < 4.78 is 0. The summed E-state index contributed by atoms with van der Waals surface area (Å²) in [5, 5.41) is 23.8. The Morgan fingerprint density at radius 2 is 2.24 bits per heavy atom. The van der Waals surface area contributed by atoms with Crippen LogP contribution in [0.1, 0.15) is 32.6 Å². The summed E-state index contributed by atoms with van der Waals surface area (Å²) in [6.07, 6.45) is 3.70. The first kappa shape index (κ1) is 15.8. The topological polar surface area (TPSA) is 79.0 Å². The minimum Gasteiger partial charge on any atom is -0.299 e. The fraction of sp³-hybridized carbons (Fsp3) is 0.533. The minimum atomic E-state index is -0.394. The fourth-order valence-corrected chi connectivity index (χ4v) is 3.89. The van der Waals surface area contributed by atoms with E-state index < -0.39 is 5.54 Å². The second kappa shape index (κ2) is 6.92. The van der Waals surface area contributed by atoms with Crippen LogP contribution in [0.25, 0.3) is 0 Å². The molecular formula is C15H19N3O2S. The Bertz CT molecular complexity index is 541. The SMILES string of the molecule is CCCNC1(C#N)CCC(Sc2ccc([N+](=O)[O-])cc2)C1. The molecule has 1 aromatic rings. The first-order valence-corrected chi connectivity index (χ1v) is 8.04. The maximum absolute atomic E-state index is 10.6. The largest absolute Gasteiger partial charge is 0.299 e. The van der Waals surface area contributed by atoms with Gasteiger partial charge in [0.2, 0.25) is 0 Å². The van der Waals surface area contributed by atoms with Crippen molar-refractivity contribution in [1.29, 1.82) is 5.26 Å². The predicted octanol–water partition coefficient (Wildman–Crippen LogP) is 3.50. The van der Waals surface area contributed by atoms with Gasteiger partial charge in [-0.05, 0) is 44.4 Å². The van der Waals surface area contributed by atoms with Crippen molar-refractivity contribution in [1.82, 2.24) is 5.32 Å². The number of rotatable bonds is 6. The Labute approximate surface area is 128 Å². The molecule has 0 bridgehead atoms. The van der Waals surface area contributed by atoms with E-state index in [1.807, 2.05) is 0 Å². The number of hydrogen-bond acceptors (Lipinski definition) is 5. The number of nitro benzene ring substituents is 1. The molecule has 2 atom stereocenters. The molecule has 0 aromatic heterocycles. The highest BCUT2D eigenvalue weighted by atomic mass is 32.2. The van der Waals surface area contributed by atoms with Crippen molar-refractivity contribution < 1.29 is 4.92 Å². The summed E-state index contributed by atoms with van der Waals surface area (Å²) >= 11 is 1.71. The van der Waals surface area contributed by atoms with Crippen molar-refractivity contribution in [2.75, 3.05) is 6.54 Å². The third kappa shape index (κ3) is 3.96. The van der Waals surface area contributed by atoms with Crippen molar-refractivity contribution in [2.45, 2.75) is 48.3 Å². The lowest BCUT2D eigenvalue weighted by Gasteiger charge is -2.22. The molecular weight excluding hydrogens is 286 g/mol. The van der Waals surface area contributed by atoms with Crippen molar-refractivity contribution in [3.63, 3.8) is 0 Å². The molecule has 2 unspecified atom stereocenters. The smallest absolute Gasteiger partial charge is 0.269 e. The number of nitriles is 1. The molecule has 0 amide bonds. The van der Waals surface area contributed by atoms with Crippen LogP contribution < -0.4 is 5.32 Å². The van der Waals surface area contributed by atoms with E-state index in [1.54, 1.807) is 23.9 Å². The molecule has 21 heavy (non-hydrogen) atoms. The molecule has 5 nitrogen and oxygen atoms in total. The van der Waals surface area contributed by atoms with E-state index in [4.69, 9.17) is 0 Å². The van der Waals surface area contributed by atoms with Crippen LogP contribution in [0.5, 0.6) is 0 Å². The molecule has 1 saturated carbocycles. The van der Waals surface area contributed by atoms with Gasteiger partial charge >= 0.3 is 0 Å². The third-order valence-corrected chi connectivity index (χ3v) is 5.03. The highest BCUT2D eigenvalue weighted by molar-refractivity contribution is 8.00. The average Bonchev–Trinajstić information content (AvgIpc) is 2.89. The number of non-ortho nitro benzene ring substituents is 1. The molecule has 1 fully saturated rings. The quantitative estimate of drug-likeness (QED) is 0.642. The van der Waals surface area contributed by atoms with Gasteiger partial charge in [-0.25, -0.2) is 0 Å². The zero-order valence-electron chi connectivity index (χ0n) is 12.0. The number of hydrogen-bond donors (Lipinski definition) is 1. The summed E-state index contributed by atoms with van der Waals surface area (Å²) in [6, 6.07) is 9.07. The lowest BCUT2D eigenvalue weighted by molar-refractivity contribution is -0.384. The Morgan fingerprint density at radius 1 is 1.52 bits per heavy atom. The molecule has 0 radical (unpaired) electrons. The Hall–Kier alpha value is -1.58. The van der Waals surface area contributed by atoms with Gasteiger partial charge in [-0.3, -0.25) is 15.4 Å². The second-order valence-electron chi connectivity index (χ2n) is 5.35. The third-order valence-electron chi connectivity index (χ3n) is 3.75. The minimum absolute atomic E-state index is 0.113. The summed E-state index contributed by atoms with van der Waals surface area (Å²) in [4.78, 5) is 11.3. The van der Waals surface area contributed by atoms with Crippen LogP contribution in [0.2, 0.25) is 0 Å². The average molecular weight is 305 g/mol. The van der Waals surface area contributed by atoms with Gasteiger partial charge in [0.25, 0.3) is 5.69 Å². The molecule has 0 saturated heterocycles. The molecule has 2 rings (SSSR count). The van der Waals surface area contributed by atoms with E-state index in [-0.39, 0.29) is 10.6 Å². The van der Waals surface area contributed by atoms with Crippen LogP contribution >= 0.6 is 11.8 Å². The van der Waals surface area contributed by atoms with Gasteiger partial charge in [0, 0.05) is 22.3 Å². The summed E-state index contributed by atoms with van der Waals surface area (Å²) in [5.41, 5.74) is -0.282. The first-order chi connectivity index (χ1) is 10.1. The molecule has 1 N–H and O–H groups in total. The number of nitrogens with one attached hydrogen (secondary N) is 1. The summed E-state index contributed by atoms with van der Waals surface area (Å²) in [5.74, 6) is 0. The van der Waals surface area contributed by atoms with Gasteiger partial charge in [0.1, 0.15) is 5.54 Å². The standard InChI is InChI=1S/C15H19N3O2S/c1-2-9-17-15(11-16)8-7-14(10-15)21-13-5-3-12(4-6-13)18(19)20/h3-6,14,17H,2,7-10H2,1H3. The van der Waals surface area contributed by atoms with E-state index in [2.05, 4.69) is 18.3 Å². The monoisotopic (exact) mass is 305 g/mol. The van der Waals surface area contributed by atoms with Gasteiger partial charge < -0.3 is 0 Å². The molecule has 6 heteroatoms. The van der Waals surface area contributed by atoms with Crippen molar-refractivity contribution in [2.24, 2.45) is 0 Å². The summed E-state index contributed by atoms with van der Waals surface area (Å²) in [7, 11) is 0. The molecule has 1 aromatic carbocycles. The van der Waals surface area contributed by atoms with Crippen LogP contribution in [0.3, 0.4) is 0 Å². The second-order valence-corrected chi connectivity index (χ2v) is 6.73. The molecule has 1 aliphatic rings. The van der Waals surface area contributed by atoms with Crippen LogP contribution in [-0.2, 0) is 0 Å². The summed E-state index contributed by atoms with van der Waals surface area (Å²) in [6.45, 7) is 2.96. The molecule has 0 heterocycles. The number of nitrogens with zero attached hydrogens (tertiary/aromatic N) is 2. The van der Waals surface area contributed by atoms with Gasteiger partial charge in [-0.15, -0.1) is 11.8 Å².